The van der Waals surface area contributed by atoms with Crippen LogP contribution in [0.3, 0.4) is 0 Å². The molecule has 1 aliphatic heterocycles. The van der Waals surface area contributed by atoms with Gasteiger partial charge in [0.15, 0.2) is 0 Å². The summed E-state index contributed by atoms with van der Waals surface area (Å²) in [6.07, 6.45) is 4.51. The lowest BCUT2D eigenvalue weighted by Crippen LogP contribution is -2.22. The van der Waals surface area contributed by atoms with Gasteiger partial charge in [0.05, 0.1) is 5.69 Å². The van der Waals surface area contributed by atoms with Crippen molar-refractivity contribution in [2.45, 2.75) is 19.8 Å². The van der Waals surface area contributed by atoms with Crippen molar-refractivity contribution in [1.29, 1.82) is 0 Å². The molecule has 5 nitrogen and oxygen atoms in total. The molecule has 1 unspecified atom stereocenters. The molecule has 1 saturated heterocycles. The van der Waals surface area contributed by atoms with Crippen LogP contribution >= 0.6 is 0 Å². The van der Waals surface area contributed by atoms with E-state index in [0.29, 0.717) is 0 Å². The number of aryl methyl sites for hydroxylation is 1. The van der Waals surface area contributed by atoms with Gasteiger partial charge in [-0.05, 0) is 19.3 Å². The maximum atomic E-state index is 10.6. The van der Waals surface area contributed by atoms with Gasteiger partial charge in [-0.2, -0.15) is 0 Å². The zero-order chi connectivity index (χ0) is 11.5. The van der Waals surface area contributed by atoms with Gasteiger partial charge < -0.3 is 10.0 Å². The second-order valence-electron chi connectivity index (χ2n) is 4.16. The van der Waals surface area contributed by atoms with Crippen LogP contribution in [0.4, 0.5) is 5.82 Å². The number of aliphatic carboxylic acids is 1. The fourth-order valence-corrected chi connectivity index (χ4v) is 2.15. The molecule has 1 fully saturated rings. The number of aromatic nitrogens is 2. The molecule has 2 rings (SSSR count). The van der Waals surface area contributed by atoms with Gasteiger partial charge in [-0.15, -0.1) is 0 Å². The van der Waals surface area contributed by atoms with E-state index in [4.69, 9.17) is 5.11 Å². The Morgan fingerprint density at radius 1 is 1.56 bits per heavy atom. The van der Waals surface area contributed by atoms with Crippen LogP contribution in [0.25, 0.3) is 0 Å². The van der Waals surface area contributed by atoms with Crippen molar-refractivity contribution in [1.82, 2.24) is 9.97 Å². The summed E-state index contributed by atoms with van der Waals surface area (Å²) in [5.41, 5.74) is 0.901. The molecule has 86 valence electrons. The van der Waals surface area contributed by atoms with Gasteiger partial charge in [-0.1, -0.05) is 0 Å². The van der Waals surface area contributed by atoms with Crippen molar-refractivity contribution in [3.63, 3.8) is 0 Å². The van der Waals surface area contributed by atoms with E-state index in [2.05, 4.69) is 14.9 Å². The van der Waals surface area contributed by atoms with E-state index in [1.807, 2.05) is 6.92 Å². The third-order valence-electron chi connectivity index (χ3n) is 2.90. The van der Waals surface area contributed by atoms with Crippen LogP contribution in [-0.4, -0.2) is 34.1 Å². The molecule has 0 aromatic carbocycles. The lowest BCUT2D eigenvalue weighted by molar-refractivity contribution is -0.137. The summed E-state index contributed by atoms with van der Waals surface area (Å²) >= 11 is 0. The van der Waals surface area contributed by atoms with E-state index < -0.39 is 5.97 Å². The second-order valence-corrected chi connectivity index (χ2v) is 4.16. The van der Waals surface area contributed by atoms with Gasteiger partial charge in [0.2, 0.25) is 0 Å². The molecule has 2 heterocycles. The number of nitrogens with zero attached hydrogens (tertiary/aromatic N) is 3. The predicted molar refractivity (Wildman–Crippen MR) is 59.3 cm³/mol. The van der Waals surface area contributed by atoms with Crippen LogP contribution in [0.1, 0.15) is 18.5 Å². The Balaban J connectivity index is 2.04. The highest BCUT2D eigenvalue weighted by atomic mass is 16.4. The first-order valence-electron chi connectivity index (χ1n) is 5.41. The van der Waals surface area contributed by atoms with Gasteiger partial charge in [0, 0.05) is 31.9 Å². The summed E-state index contributed by atoms with van der Waals surface area (Å²) in [7, 11) is 0. The summed E-state index contributed by atoms with van der Waals surface area (Å²) in [5.74, 6) is 0.400. The van der Waals surface area contributed by atoms with Crippen LogP contribution in [0.15, 0.2) is 12.4 Å². The maximum Gasteiger partial charge on any atom is 0.303 e. The zero-order valence-electron chi connectivity index (χ0n) is 9.26. The van der Waals surface area contributed by atoms with Crippen molar-refractivity contribution in [3.05, 3.63) is 18.1 Å². The molecular weight excluding hydrogens is 206 g/mol. The molecule has 0 amide bonds. The van der Waals surface area contributed by atoms with Gasteiger partial charge in [0.25, 0.3) is 0 Å². The quantitative estimate of drug-likeness (QED) is 0.827. The number of carboxylic acid groups (broad SMARTS) is 1. The highest BCUT2D eigenvalue weighted by Crippen LogP contribution is 2.25. The number of anilines is 1. The van der Waals surface area contributed by atoms with Gasteiger partial charge in [0.1, 0.15) is 5.82 Å². The molecule has 16 heavy (non-hydrogen) atoms. The SMILES string of the molecule is Cc1nccnc1N1CCC(CC(=O)O)C1. The van der Waals surface area contributed by atoms with E-state index in [-0.39, 0.29) is 12.3 Å². The number of carboxylic acids is 1. The van der Waals surface area contributed by atoms with Crippen molar-refractivity contribution < 1.29 is 9.90 Å². The lowest BCUT2D eigenvalue weighted by atomic mass is 10.1. The molecule has 1 aliphatic rings. The van der Waals surface area contributed by atoms with Gasteiger partial charge >= 0.3 is 5.97 Å². The average Bonchev–Trinajstić information content (AvgIpc) is 2.66. The Bertz CT molecular complexity index is 395. The second kappa shape index (κ2) is 4.47. The highest BCUT2D eigenvalue weighted by molar-refractivity contribution is 5.67. The number of rotatable bonds is 3. The van der Waals surface area contributed by atoms with Crippen molar-refractivity contribution in [2.24, 2.45) is 5.92 Å². The molecule has 1 aromatic heterocycles. The first kappa shape index (κ1) is 10.9. The summed E-state index contributed by atoms with van der Waals surface area (Å²) in [6, 6.07) is 0. The average molecular weight is 221 g/mol. The van der Waals surface area contributed by atoms with E-state index >= 15 is 0 Å². The van der Waals surface area contributed by atoms with Crippen molar-refractivity contribution in [2.75, 3.05) is 18.0 Å². The molecule has 5 heteroatoms. The summed E-state index contributed by atoms with van der Waals surface area (Å²) in [5, 5.41) is 8.74. The van der Waals surface area contributed by atoms with E-state index in [0.717, 1.165) is 31.0 Å². The third kappa shape index (κ3) is 2.29. The summed E-state index contributed by atoms with van der Waals surface area (Å²) in [6.45, 7) is 3.57. The molecule has 1 aromatic rings. The third-order valence-corrected chi connectivity index (χ3v) is 2.90. The molecule has 0 saturated carbocycles. The number of hydrogen-bond donors (Lipinski definition) is 1. The summed E-state index contributed by atoms with van der Waals surface area (Å²) in [4.78, 5) is 21.2. The maximum absolute atomic E-state index is 10.6. The standard InChI is InChI=1S/C11H15N3O2/c1-8-11(13-4-3-12-8)14-5-2-9(7-14)6-10(15)16/h3-4,9H,2,5-7H2,1H3,(H,15,16). The van der Waals surface area contributed by atoms with Crippen LogP contribution in [0, 0.1) is 12.8 Å². The molecular formula is C11H15N3O2. The molecule has 1 atom stereocenters. The Hall–Kier alpha value is -1.65. The van der Waals surface area contributed by atoms with E-state index in [1.165, 1.54) is 0 Å². The monoisotopic (exact) mass is 221 g/mol. The fraction of sp³-hybridized carbons (Fsp3) is 0.545. The van der Waals surface area contributed by atoms with Gasteiger partial charge in [-0.25, -0.2) is 4.98 Å². The fourth-order valence-electron chi connectivity index (χ4n) is 2.15. The summed E-state index contributed by atoms with van der Waals surface area (Å²) < 4.78 is 0. The Kier molecular flexibility index (Phi) is 3.03. The van der Waals surface area contributed by atoms with Crippen LogP contribution in [0.5, 0.6) is 0 Å². The minimum absolute atomic E-state index is 0.235. The van der Waals surface area contributed by atoms with Gasteiger partial charge in [-0.3, -0.25) is 9.78 Å². The first-order chi connectivity index (χ1) is 7.66. The number of hydrogen-bond acceptors (Lipinski definition) is 4. The van der Waals surface area contributed by atoms with Crippen molar-refractivity contribution in [3.8, 4) is 0 Å². The minimum atomic E-state index is -0.720. The van der Waals surface area contributed by atoms with Crippen LogP contribution < -0.4 is 4.90 Å². The molecule has 0 radical (unpaired) electrons. The number of carbonyl (C=O) groups is 1. The topological polar surface area (TPSA) is 66.3 Å². The highest BCUT2D eigenvalue weighted by Gasteiger charge is 2.26. The molecule has 0 spiro atoms. The van der Waals surface area contributed by atoms with Crippen LogP contribution in [-0.2, 0) is 4.79 Å². The molecule has 0 aliphatic carbocycles. The van der Waals surface area contributed by atoms with E-state index in [9.17, 15) is 4.79 Å². The predicted octanol–water partition coefficient (Wildman–Crippen LogP) is 1.09. The Morgan fingerprint density at radius 3 is 3.00 bits per heavy atom. The van der Waals surface area contributed by atoms with Crippen LogP contribution in [0.2, 0.25) is 0 Å². The largest absolute Gasteiger partial charge is 0.481 e. The Labute approximate surface area is 94.1 Å². The Morgan fingerprint density at radius 2 is 2.31 bits per heavy atom. The smallest absolute Gasteiger partial charge is 0.303 e. The normalized spacial score (nSPS) is 20.1. The molecule has 0 bridgehead atoms. The van der Waals surface area contributed by atoms with E-state index in [1.54, 1.807) is 12.4 Å². The first-order valence-corrected chi connectivity index (χ1v) is 5.41. The van der Waals surface area contributed by atoms with Crippen molar-refractivity contribution >= 4 is 11.8 Å². The zero-order valence-corrected chi connectivity index (χ0v) is 9.26. The lowest BCUT2D eigenvalue weighted by Gasteiger charge is -2.18. The minimum Gasteiger partial charge on any atom is -0.481 e. The molecule has 1 N–H and O–H groups in total.